The number of nitrogens with one attached hydrogen (secondary N) is 2. The molecule has 0 aromatic heterocycles. The highest BCUT2D eigenvalue weighted by atomic mass is 32.2. The molecule has 1 aromatic carbocycles. The summed E-state index contributed by atoms with van der Waals surface area (Å²) in [5.41, 5.74) is 1.45. The van der Waals surface area contributed by atoms with Crippen molar-refractivity contribution in [1.29, 1.82) is 0 Å². The van der Waals surface area contributed by atoms with Gasteiger partial charge in [-0.05, 0) is 11.1 Å². The lowest BCUT2D eigenvalue weighted by atomic mass is 10.0. The minimum atomic E-state index is -0.908. The number of rotatable bonds is 8. The summed E-state index contributed by atoms with van der Waals surface area (Å²) in [7, 11) is -0.901. The van der Waals surface area contributed by atoms with Crippen molar-refractivity contribution in [1.82, 2.24) is 10.6 Å². The predicted octanol–water partition coefficient (Wildman–Crippen LogP) is 0.881. The molecule has 0 radical (unpaired) electrons. The molecule has 1 rings (SSSR count). The van der Waals surface area contributed by atoms with Crippen LogP contribution >= 0.6 is 0 Å². The van der Waals surface area contributed by atoms with Crippen molar-refractivity contribution in [3.8, 4) is 0 Å². The number of carbonyl (C=O) groups is 2. The fourth-order valence-corrected chi connectivity index (χ4v) is 2.34. The third-order valence-corrected chi connectivity index (χ3v) is 4.14. The molecule has 0 aliphatic rings. The lowest BCUT2D eigenvalue weighted by Crippen LogP contribution is -2.37. The zero-order chi connectivity index (χ0) is 15.7. The van der Waals surface area contributed by atoms with E-state index in [9.17, 15) is 13.8 Å². The Morgan fingerprint density at radius 2 is 1.86 bits per heavy atom. The number of carboxylic acid groups (broad SMARTS) is 1. The highest BCUT2D eigenvalue weighted by molar-refractivity contribution is 7.84. The molecule has 0 fully saturated rings. The quantitative estimate of drug-likeness (QED) is 0.664. The van der Waals surface area contributed by atoms with E-state index in [1.54, 1.807) is 24.3 Å². The first-order chi connectivity index (χ1) is 10.0. The summed E-state index contributed by atoms with van der Waals surface area (Å²) in [5, 5.41) is 14.1. The number of hydrogen-bond acceptors (Lipinski definition) is 3. The molecule has 7 heteroatoms. The van der Waals surface area contributed by atoms with Gasteiger partial charge in [0.15, 0.2) is 0 Å². The van der Waals surface area contributed by atoms with Gasteiger partial charge in [-0.25, -0.2) is 4.79 Å². The first-order valence-corrected chi connectivity index (χ1v) is 8.17. The Bertz CT molecular complexity index is 519. The van der Waals surface area contributed by atoms with Crippen LogP contribution in [0.3, 0.4) is 0 Å². The van der Waals surface area contributed by atoms with Gasteiger partial charge < -0.3 is 15.7 Å². The van der Waals surface area contributed by atoms with Crippen LogP contribution in [0.1, 0.15) is 18.1 Å². The van der Waals surface area contributed by atoms with Crippen molar-refractivity contribution in [3.63, 3.8) is 0 Å². The second-order valence-electron chi connectivity index (χ2n) is 4.38. The molecule has 1 aromatic rings. The molecule has 0 bridgehead atoms. The third kappa shape index (κ3) is 6.89. The highest BCUT2D eigenvalue weighted by Crippen LogP contribution is 2.09. The number of amides is 2. The molecule has 1 atom stereocenters. The minimum Gasteiger partial charge on any atom is -0.481 e. The molecule has 6 nitrogen and oxygen atoms in total. The van der Waals surface area contributed by atoms with E-state index in [1.165, 1.54) is 0 Å². The van der Waals surface area contributed by atoms with Crippen molar-refractivity contribution < 1.29 is 18.9 Å². The van der Waals surface area contributed by atoms with Crippen LogP contribution in [0.2, 0.25) is 0 Å². The Balaban J connectivity index is 2.42. The maximum atomic E-state index is 11.6. The molecule has 0 saturated heterocycles. The van der Waals surface area contributed by atoms with Crippen molar-refractivity contribution in [2.45, 2.75) is 19.9 Å². The van der Waals surface area contributed by atoms with Crippen molar-refractivity contribution in [2.24, 2.45) is 0 Å². The van der Waals surface area contributed by atoms with Gasteiger partial charge in [-0.3, -0.25) is 9.00 Å². The Kier molecular flexibility index (Phi) is 7.45. The average Bonchev–Trinajstić information content (AvgIpc) is 2.45. The summed E-state index contributed by atoms with van der Waals surface area (Å²) in [4.78, 5) is 22.3. The molecular formula is C14H20N2O4S. The summed E-state index contributed by atoms with van der Waals surface area (Å²) < 4.78 is 11.2. The number of benzene rings is 1. The first kappa shape index (κ1) is 17.2. The average molecular weight is 312 g/mol. The summed E-state index contributed by atoms with van der Waals surface area (Å²) in [6.07, 6.45) is -0.0745. The fraction of sp³-hybridized carbons (Fsp3) is 0.429. The van der Waals surface area contributed by atoms with E-state index in [0.29, 0.717) is 23.6 Å². The Morgan fingerprint density at radius 3 is 2.48 bits per heavy atom. The summed E-state index contributed by atoms with van der Waals surface area (Å²) in [6.45, 7) is 2.44. The van der Waals surface area contributed by atoms with Crippen molar-refractivity contribution in [2.75, 3.05) is 18.1 Å². The predicted molar refractivity (Wildman–Crippen MR) is 81.6 cm³/mol. The van der Waals surface area contributed by atoms with Gasteiger partial charge in [0, 0.05) is 35.4 Å². The minimum absolute atomic E-state index is 0.0745. The molecule has 0 spiro atoms. The maximum absolute atomic E-state index is 11.6. The van der Waals surface area contributed by atoms with Gasteiger partial charge in [0.2, 0.25) is 0 Å². The van der Waals surface area contributed by atoms with Gasteiger partial charge in [0.25, 0.3) is 0 Å². The molecule has 0 aliphatic carbocycles. The van der Waals surface area contributed by atoms with Gasteiger partial charge in [-0.2, -0.15) is 0 Å². The maximum Gasteiger partial charge on any atom is 0.315 e. The van der Waals surface area contributed by atoms with Crippen LogP contribution in [0, 0.1) is 0 Å². The number of carboxylic acids is 1. The summed E-state index contributed by atoms with van der Waals surface area (Å²) >= 11 is 0. The van der Waals surface area contributed by atoms with Crippen LogP contribution in [-0.4, -0.2) is 39.4 Å². The smallest absolute Gasteiger partial charge is 0.315 e. The summed E-state index contributed by atoms with van der Waals surface area (Å²) in [6, 6.07) is 6.72. The second-order valence-corrected chi connectivity index (χ2v) is 6.25. The molecule has 116 valence electrons. The van der Waals surface area contributed by atoms with Gasteiger partial charge in [-0.15, -0.1) is 0 Å². The number of aliphatic carboxylic acids is 1. The van der Waals surface area contributed by atoms with E-state index in [0.717, 1.165) is 5.56 Å². The zero-order valence-corrected chi connectivity index (χ0v) is 12.7. The topological polar surface area (TPSA) is 95.5 Å². The standard InChI is InChI=1S/C14H20N2O4S/c1-2-21(20)8-7-15-14(19)16-10-12-6-4-3-5-11(12)9-13(17)18/h3-6H,2,7-10H2,1H3,(H,17,18)(H2,15,16,19). The molecular weight excluding hydrogens is 292 g/mol. The third-order valence-electron chi connectivity index (χ3n) is 2.84. The van der Waals surface area contributed by atoms with Gasteiger partial charge >= 0.3 is 12.0 Å². The van der Waals surface area contributed by atoms with Crippen LogP contribution in [-0.2, 0) is 28.6 Å². The van der Waals surface area contributed by atoms with Crippen LogP contribution in [0.4, 0.5) is 4.79 Å². The Labute approximate surface area is 126 Å². The largest absolute Gasteiger partial charge is 0.481 e. The SMILES string of the molecule is CCS(=O)CCNC(=O)NCc1ccccc1CC(=O)O. The fourth-order valence-electron chi connectivity index (χ4n) is 1.73. The number of carbonyl (C=O) groups excluding carboxylic acids is 1. The second kappa shape index (κ2) is 9.12. The van der Waals surface area contributed by atoms with E-state index in [1.807, 2.05) is 6.92 Å². The van der Waals surface area contributed by atoms with Crippen molar-refractivity contribution in [3.05, 3.63) is 35.4 Å². The van der Waals surface area contributed by atoms with E-state index < -0.39 is 16.8 Å². The van der Waals surface area contributed by atoms with E-state index >= 15 is 0 Å². The number of urea groups is 1. The van der Waals surface area contributed by atoms with Crippen LogP contribution in [0.25, 0.3) is 0 Å². The molecule has 3 N–H and O–H groups in total. The first-order valence-electron chi connectivity index (χ1n) is 6.68. The highest BCUT2D eigenvalue weighted by Gasteiger charge is 2.07. The van der Waals surface area contributed by atoms with E-state index in [-0.39, 0.29) is 19.0 Å². The van der Waals surface area contributed by atoms with Crippen molar-refractivity contribution >= 4 is 22.8 Å². The summed E-state index contributed by atoms with van der Waals surface area (Å²) in [5.74, 6) is 0.0970. The molecule has 0 heterocycles. The monoisotopic (exact) mass is 312 g/mol. The van der Waals surface area contributed by atoms with E-state index in [2.05, 4.69) is 10.6 Å². The lowest BCUT2D eigenvalue weighted by molar-refractivity contribution is -0.136. The molecule has 21 heavy (non-hydrogen) atoms. The lowest BCUT2D eigenvalue weighted by Gasteiger charge is -2.10. The normalized spacial score (nSPS) is 11.7. The van der Waals surface area contributed by atoms with E-state index in [4.69, 9.17) is 5.11 Å². The Morgan fingerprint density at radius 1 is 1.19 bits per heavy atom. The van der Waals surface area contributed by atoms with Crippen LogP contribution in [0.15, 0.2) is 24.3 Å². The zero-order valence-electron chi connectivity index (χ0n) is 11.9. The number of hydrogen-bond donors (Lipinski definition) is 3. The van der Waals surface area contributed by atoms with Gasteiger partial charge in [-0.1, -0.05) is 31.2 Å². The van der Waals surface area contributed by atoms with Gasteiger partial charge in [0.1, 0.15) is 0 Å². The molecule has 2 amide bonds. The van der Waals surface area contributed by atoms with Gasteiger partial charge in [0.05, 0.1) is 6.42 Å². The Hall–Kier alpha value is -1.89. The molecule has 0 aliphatic heterocycles. The van der Waals surface area contributed by atoms with Crippen LogP contribution < -0.4 is 10.6 Å². The molecule has 1 unspecified atom stereocenters. The van der Waals surface area contributed by atoms with Crippen LogP contribution in [0.5, 0.6) is 0 Å². The molecule has 0 saturated carbocycles.